The van der Waals surface area contributed by atoms with E-state index in [1.54, 1.807) is 17.5 Å². The molecule has 0 aliphatic rings. The second-order valence-corrected chi connectivity index (χ2v) is 4.98. The van der Waals surface area contributed by atoms with E-state index in [0.717, 1.165) is 6.07 Å². The first kappa shape index (κ1) is 15.4. The van der Waals surface area contributed by atoms with Crippen LogP contribution in [0.1, 0.15) is 20.0 Å². The Hall–Kier alpha value is -2.94. The van der Waals surface area contributed by atoms with Gasteiger partial charge in [-0.1, -0.05) is 6.07 Å². The predicted octanol–water partition coefficient (Wildman–Crippen LogP) is 1.74. The topological polar surface area (TPSA) is 111 Å². The predicted molar refractivity (Wildman–Crippen MR) is 78.9 cm³/mol. The molecule has 9 heteroatoms. The zero-order valence-corrected chi connectivity index (χ0v) is 12.2. The van der Waals surface area contributed by atoms with Crippen molar-refractivity contribution in [2.24, 2.45) is 0 Å². The maximum atomic E-state index is 11.9. The molecule has 0 fully saturated rings. The SMILES string of the molecule is COc1ccc(C(=O)NNC(=O)c2cccs2)cc1[N+](=O)[O-]. The van der Waals surface area contributed by atoms with Crippen LogP contribution in [-0.4, -0.2) is 23.8 Å². The molecular weight excluding hydrogens is 310 g/mol. The molecule has 0 atom stereocenters. The highest BCUT2D eigenvalue weighted by molar-refractivity contribution is 7.12. The van der Waals surface area contributed by atoms with E-state index in [-0.39, 0.29) is 17.0 Å². The largest absolute Gasteiger partial charge is 0.490 e. The molecule has 0 aliphatic heterocycles. The van der Waals surface area contributed by atoms with Crippen molar-refractivity contribution in [2.45, 2.75) is 0 Å². The van der Waals surface area contributed by atoms with Gasteiger partial charge in [0.25, 0.3) is 11.8 Å². The molecule has 0 saturated heterocycles. The first-order chi connectivity index (χ1) is 10.5. The number of nitrogens with zero attached hydrogens (tertiary/aromatic N) is 1. The Morgan fingerprint density at radius 1 is 1.23 bits per heavy atom. The standard InChI is InChI=1S/C13H11N3O5S/c1-21-10-5-4-8(7-9(10)16(19)20)12(17)14-15-13(18)11-3-2-6-22-11/h2-7H,1H3,(H,14,17)(H,15,18). The van der Waals surface area contributed by atoms with Crippen molar-refractivity contribution in [1.82, 2.24) is 10.9 Å². The minimum atomic E-state index is -0.671. The number of rotatable bonds is 4. The molecule has 114 valence electrons. The lowest BCUT2D eigenvalue weighted by atomic mass is 10.2. The van der Waals surface area contributed by atoms with Crippen LogP contribution < -0.4 is 15.6 Å². The fourth-order valence-electron chi connectivity index (χ4n) is 1.63. The van der Waals surface area contributed by atoms with Gasteiger partial charge in [0, 0.05) is 11.6 Å². The Morgan fingerprint density at radius 2 is 1.95 bits per heavy atom. The highest BCUT2D eigenvalue weighted by Crippen LogP contribution is 2.27. The number of carbonyl (C=O) groups excluding carboxylic acids is 2. The fourth-order valence-corrected chi connectivity index (χ4v) is 2.25. The van der Waals surface area contributed by atoms with Crippen molar-refractivity contribution >= 4 is 28.8 Å². The quantitative estimate of drug-likeness (QED) is 0.658. The van der Waals surface area contributed by atoms with Crippen molar-refractivity contribution < 1.29 is 19.2 Å². The average Bonchev–Trinajstić information content (AvgIpc) is 3.06. The maximum Gasteiger partial charge on any atom is 0.311 e. The van der Waals surface area contributed by atoms with E-state index in [1.807, 2.05) is 0 Å². The van der Waals surface area contributed by atoms with Gasteiger partial charge in [-0.25, -0.2) is 0 Å². The zero-order valence-electron chi connectivity index (χ0n) is 11.4. The highest BCUT2D eigenvalue weighted by Gasteiger charge is 2.18. The summed E-state index contributed by atoms with van der Waals surface area (Å²) in [6, 6.07) is 7.05. The third-order valence-electron chi connectivity index (χ3n) is 2.67. The van der Waals surface area contributed by atoms with Gasteiger partial charge in [0.05, 0.1) is 16.9 Å². The third kappa shape index (κ3) is 3.38. The van der Waals surface area contributed by atoms with Crippen molar-refractivity contribution in [3.05, 3.63) is 56.3 Å². The Balaban J connectivity index is 2.08. The summed E-state index contributed by atoms with van der Waals surface area (Å²) in [4.78, 5) is 34.3. The molecule has 0 saturated carbocycles. The lowest BCUT2D eigenvalue weighted by molar-refractivity contribution is -0.385. The van der Waals surface area contributed by atoms with Gasteiger partial charge in [0.2, 0.25) is 0 Å². The number of thiophene rings is 1. The van der Waals surface area contributed by atoms with E-state index < -0.39 is 16.7 Å². The highest BCUT2D eigenvalue weighted by atomic mass is 32.1. The van der Waals surface area contributed by atoms with Gasteiger partial charge in [0.15, 0.2) is 5.75 Å². The minimum absolute atomic E-state index is 0.0268. The van der Waals surface area contributed by atoms with Gasteiger partial charge in [0.1, 0.15) is 0 Å². The van der Waals surface area contributed by atoms with E-state index in [1.165, 1.54) is 30.6 Å². The zero-order chi connectivity index (χ0) is 16.1. The van der Waals surface area contributed by atoms with Gasteiger partial charge in [-0.3, -0.25) is 30.6 Å². The molecule has 22 heavy (non-hydrogen) atoms. The molecule has 2 aromatic rings. The molecule has 2 amide bonds. The normalized spacial score (nSPS) is 9.86. The summed E-state index contributed by atoms with van der Waals surface area (Å²) in [5.74, 6) is -1.09. The number of ether oxygens (including phenoxy) is 1. The first-order valence-corrected chi connectivity index (χ1v) is 6.87. The smallest absolute Gasteiger partial charge is 0.311 e. The van der Waals surface area contributed by atoms with E-state index in [0.29, 0.717) is 4.88 Å². The molecule has 1 aromatic carbocycles. The number of nitro benzene ring substituents is 1. The third-order valence-corrected chi connectivity index (χ3v) is 3.54. The van der Waals surface area contributed by atoms with Crippen LogP contribution >= 0.6 is 11.3 Å². The molecule has 0 spiro atoms. The molecular formula is C13H11N3O5S. The van der Waals surface area contributed by atoms with Crippen molar-refractivity contribution in [3.8, 4) is 5.75 Å². The molecule has 2 N–H and O–H groups in total. The summed E-state index contributed by atoms with van der Waals surface area (Å²) >= 11 is 1.22. The molecule has 0 radical (unpaired) electrons. The van der Waals surface area contributed by atoms with E-state index in [2.05, 4.69) is 10.9 Å². The second kappa shape index (κ2) is 6.68. The first-order valence-electron chi connectivity index (χ1n) is 5.99. The van der Waals surface area contributed by atoms with Crippen molar-refractivity contribution in [3.63, 3.8) is 0 Å². The van der Waals surface area contributed by atoms with Crippen LogP contribution in [-0.2, 0) is 0 Å². The number of hydrogen-bond donors (Lipinski definition) is 2. The van der Waals surface area contributed by atoms with E-state index >= 15 is 0 Å². The Morgan fingerprint density at radius 3 is 2.55 bits per heavy atom. The lowest BCUT2D eigenvalue weighted by Gasteiger charge is -2.07. The molecule has 1 aromatic heterocycles. The van der Waals surface area contributed by atoms with Gasteiger partial charge in [-0.05, 0) is 23.6 Å². The molecule has 2 rings (SSSR count). The Labute approximate surface area is 128 Å². The average molecular weight is 321 g/mol. The van der Waals surface area contributed by atoms with Crippen LogP contribution in [0.2, 0.25) is 0 Å². The fraction of sp³-hybridized carbons (Fsp3) is 0.0769. The summed E-state index contributed by atoms with van der Waals surface area (Å²) in [6.45, 7) is 0. The maximum absolute atomic E-state index is 11.9. The Kier molecular flexibility index (Phi) is 4.69. The van der Waals surface area contributed by atoms with Crippen LogP contribution in [0, 0.1) is 10.1 Å². The summed E-state index contributed by atoms with van der Waals surface area (Å²) in [5, 5.41) is 12.6. The van der Waals surface area contributed by atoms with Gasteiger partial charge >= 0.3 is 5.69 Å². The number of hydrogen-bond acceptors (Lipinski definition) is 6. The summed E-state index contributed by atoms with van der Waals surface area (Å²) in [5.41, 5.74) is 4.12. The number of amides is 2. The summed E-state index contributed by atoms with van der Waals surface area (Å²) in [7, 11) is 1.29. The van der Waals surface area contributed by atoms with Gasteiger partial charge in [-0.15, -0.1) is 11.3 Å². The molecule has 1 heterocycles. The number of methoxy groups -OCH3 is 1. The van der Waals surface area contributed by atoms with Crippen LogP contribution in [0.5, 0.6) is 5.75 Å². The number of nitro groups is 1. The second-order valence-electron chi connectivity index (χ2n) is 4.03. The van der Waals surface area contributed by atoms with Gasteiger partial charge < -0.3 is 4.74 Å². The molecule has 0 aliphatic carbocycles. The number of hydrazine groups is 1. The Bertz CT molecular complexity index is 714. The molecule has 0 unspecified atom stereocenters. The van der Waals surface area contributed by atoms with Gasteiger partial charge in [-0.2, -0.15) is 0 Å². The van der Waals surface area contributed by atoms with Crippen LogP contribution in [0.25, 0.3) is 0 Å². The number of benzene rings is 1. The summed E-state index contributed by atoms with van der Waals surface area (Å²) < 4.78 is 4.85. The van der Waals surface area contributed by atoms with Crippen LogP contribution in [0.3, 0.4) is 0 Å². The molecule has 8 nitrogen and oxygen atoms in total. The van der Waals surface area contributed by atoms with Crippen molar-refractivity contribution in [1.29, 1.82) is 0 Å². The summed E-state index contributed by atoms with van der Waals surface area (Å²) in [6.07, 6.45) is 0. The monoisotopic (exact) mass is 321 g/mol. The number of carbonyl (C=O) groups is 2. The minimum Gasteiger partial charge on any atom is -0.490 e. The van der Waals surface area contributed by atoms with Crippen LogP contribution in [0.4, 0.5) is 5.69 Å². The van der Waals surface area contributed by atoms with E-state index in [9.17, 15) is 19.7 Å². The van der Waals surface area contributed by atoms with E-state index in [4.69, 9.17) is 4.74 Å². The lowest BCUT2D eigenvalue weighted by Crippen LogP contribution is -2.41. The number of nitrogens with one attached hydrogen (secondary N) is 2. The van der Waals surface area contributed by atoms with Crippen LogP contribution in [0.15, 0.2) is 35.7 Å². The van der Waals surface area contributed by atoms with Crippen molar-refractivity contribution in [2.75, 3.05) is 7.11 Å². The molecule has 0 bridgehead atoms.